The number of methoxy groups -OCH3 is 2. The van der Waals surface area contributed by atoms with Gasteiger partial charge in [-0.25, -0.2) is 4.79 Å². The molecule has 0 radical (unpaired) electrons. The van der Waals surface area contributed by atoms with E-state index in [1.165, 1.54) is 7.11 Å². The molecule has 0 spiro atoms. The minimum atomic E-state index is -0.606. The number of rotatable bonds is 6. The Bertz CT molecular complexity index is 1160. The van der Waals surface area contributed by atoms with Gasteiger partial charge in [0, 0.05) is 28.3 Å². The molecule has 2 aromatic rings. The maximum Gasteiger partial charge on any atom is 0.336 e. The molecule has 0 saturated heterocycles. The van der Waals surface area contributed by atoms with E-state index in [2.05, 4.69) is 11.9 Å². The summed E-state index contributed by atoms with van der Waals surface area (Å²) in [6.45, 7) is 5.80. The molecule has 6 heteroatoms. The van der Waals surface area contributed by atoms with Crippen molar-refractivity contribution in [3.63, 3.8) is 0 Å². The van der Waals surface area contributed by atoms with Crippen LogP contribution in [0.1, 0.15) is 34.3 Å². The lowest BCUT2D eigenvalue weighted by Gasteiger charge is -2.29. The van der Waals surface area contributed by atoms with E-state index < -0.39 is 11.9 Å². The fourth-order valence-corrected chi connectivity index (χ4v) is 4.17. The molecule has 2 aromatic carbocycles. The summed E-state index contributed by atoms with van der Waals surface area (Å²) in [6, 6.07) is 12.8. The third-order valence-electron chi connectivity index (χ3n) is 5.53. The van der Waals surface area contributed by atoms with Gasteiger partial charge in [-0.05, 0) is 24.6 Å². The van der Waals surface area contributed by atoms with Crippen LogP contribution in [-0.2, 0) is 9.53 Å². The number of hydrogen-bond donors (Lipinski definition) is 1. The molecule has 0 aromatic heterocycles. The second-order valence-corrected chi connectivity index (χ2v) is 7.26. The Morgan fingerprint density at radius 3 is 2.55 bits per heavy atom. The van der Waals surface area contributed by atoms with Crippen LogP contribution in [0.2, 0.25) is 0 Å². The molecule has 6 nitrogen and oxygen atoms in total. The molecule has 1 atom stereocenters. The molecular formula is C25H23NO5. The summed E-state index contributed by atoms with van der Waals surface area (Å²) < 4.78 is 16.2. The summed E-state index contributed by atoms with van der Waals surface area (Å²) in [5.41, 5.74) is 4.46. The normalized spacial score (nSPS) is 17.0. The zero-order chi connectivity index (χ0) is 22.1. The number of fused-ring (bicyclic) bond motifs is 2. The minimum Gasteiger partial charge on any atom is -0.493 e. The summed E-state index contributed by atoms with van der Waals surface area (Å²) in [7, 11) is 2.88. The Labute approximate surface area is 180 Å². The predicted octanol–water partition coefficient (Wildman–Crippen LogP) is 4.00. The molecule has 31 heavy (non-hydrogen) atoms. The van der Waals surface area contributed by atoms with Gasteiger partial charge in [0.2, 0.25) is 0 Å². The van der Waals surface area contributed by atoms with Gasteiger partial charge in [-0.2, -0.15) is 0 Å². The Hall–Kier alpha value is -3.80. The first-order chi connectivity index (χ1) is 15.0. The first-order valence-corrected chi connectivity index (χ1v) is 9.87. The van der Waals surface area contributed by atoms with Gasteiger partial charge in [0.1, 0.15) is 6.61 Å². The average molecular weight is 417 g/mol. The Kier molecular flexibility index (Phi) is 5.38. The van der Waals surface area contributed by atoms with Gasteiger partial charge in [-0.15, -0.1) is 0 Å². The number of ether oxygens (including phenoxy) is 3. The van der Waals surface area contributed by atoms with Crippen molar-refractivity contribution >= 4 is 17.4 Å². The largest absolute Gasteiger partial charge is 0.493 e. The van der Waals surface area contributed by atoms with Gasteiger partial charge in [0.25, 0.3) is 0 Å². The highest BCUT2D eigenvalue weighted by Gasteiger charge is 2.42. The van der Waals surface area contributed by atoms with Gasteiger partial charge in [-0.3, -0.25) is 4.79 Å². The van der Waals surface area contributed by atoms with Crippen molar-refractivity contribution in [1.82, 2.24) is 5.32 Å². The van der Waals surface area contributed by atoms with Crippen molar-refractivity contribution in [3.05, 3.63) is 88.7 Å². The number of dihydropyridines is 1. The average Bonchev–Trinajstić information content (AvgIpc) is 3.08. The Morgan fingerprint density at radius 1 is 1.13 bits per heavy atom. The number of carbonyl (C=O) groups excluding carboxylic acids is 2. The number of benzene rings is 2. The molecule has 0 bridgehead atoms. The summed E-state index contributed by atoms with van der Waals surface area (Å²) in [4.78, 5) is 26.2. The fraction of sp³-hybridized carbons (Fsp3) is 0.200. The number of ketones is 1. The van der Waals surface area contributed by atoms with Gasteiger partial charge >= 0.3 is 5.97 Å². The van der Waals surface area contributed by atoms with Crippen LogP contribution in [0.25, 0.3) is 5.70 Å². The molecule has 0 saturated carbocycles. The smallest absolute Gasteiger partial charge is 0.336 e. The SMILES string of the molecule is C=CCOc1ccc([C@H]2C(C(=O)OC)=C(C)NC3=C2C(=O)c2ccccc23)cc1OC. The predicted molar refractivity (Wildman–Crippen MR) is 117 cm³/mol. The molecule has 0 fully saturated rings. The van der Waals surface area contributed by atoms with Crippen LogP contribution in [0.3, 0.4) is 0 Å². The van der Waals surface area contributed by atoms with Gasteiger partial charge in [0.15, 0.2) is 17.3 Å². The zero-order valence-electron chi connectivity index (χ0n) is 17.7. The molecule has 1 aliphatic heterocycles. The van der Waals surface area contributed by atoms with Crippen LogP contribution in [0, 0.1) is 0 Å². The van der Waals surface area contributed by atoms with Gasteiger partial charge in [-0.1, -0.05) is 43.0 Å². The lowest BCUT2D eigenvalue weighted by molar-refractivity contribution is -0.136. The van der Waals surface area contributed by atoms with Crippen LogP contribution in [0.15, 0.2) is 72.0 Å². The van der Waals surface area contributed by atoms with Crippen molar-refractivity contribution in [2.45, 2.75) is 12.8 Å². The van der Waals surface area contributed by atoms with Crippen molar-refractivity contribution < 1.29 is 23.8 Å². The first-order valence-electron chi connectivity index (χ1n) is 9.87. The third kappa shape index (κ3) is 3.30. The van der Waals surface area contributed by atoms with E-state index in [0.29, 0.717) is 40.5 Å². The molecular weight excluding hydrogens is 394 g/mol. The second kappa shape index (κ2) is 8.14. The lowest BCUT2D eigenvalue weighted by Crippen LogP contribution is -2.29. The lowest BCUT2D eigenvalue weighted by atomic mass is 9.79. The number of nitrogens with one attached hydrogen (secondary N) is 1. The van der Waals surface area contributed by atoms with Crippen molar-refractivity contribution in [3.8, 4) is 11.5 Å². The maximum atomic E-state index is 13.4. The quantitative estimate of drug-likeness (QED) is 0.566. The fourth-order valence-electron chi connectivity index (χ4n) is 4.17. The maximum absolute atomic E-state index is 13.4. The molecule has 2 aliphatic rings. The van der Waals surface area contributed by atoms with Crippen molar-refractivity contribution in [2.24, 2.45) is 0 Å². The van der Waals surface area contributed by atoms with E-state index in [1.807, 2.05) is 31.2 Å². The molecule has 0 unspecified atom stereocenters. The highest BCUT2D eigenvalue weighted by Crippen LogP contribution is 2.47. The van der Waals surface area contributed by atoms with Crippen LogP contribution in [-0.4, -0.2) is 32.6 Å². The van der Waals surface area contributed by atoms with E-state index in [9.17, 15) is 9.59 Å². The standard InChI is InChI=1S/C25H23NO5/c1-5-12-31-18-11-10-15(13-19(18)29-3)21-20(25(28)30-4)14(2)26-23-16-8-6-7-9-17(16)24(27)22(21)23/h5-11,13,21,26H,1,12H2,2-4H3/t21-/m0/s1. The number of allylic oxidation sites excluding steroid dienone is 2. The Morgan fingerprint density at radius 2 is 1.87 bits per heavy atom. The first kappa shape index (κ1) is 20.5. The molecule has 158 valence electrons. The summed E-state index contributed by atoms with van der Waals surface area (Å²) >= 11 is 0. The Balaban J connectivity index is 1.90. The van der Waals surface area contributed by atoms with E-state index in [4.69, 9.17) is 14.2 Å². The topological polar surface area (TPSA) is 73.9 Å². The van der Waals surface area contributed by atoms with Gasteiger partial charge < -0.3 is 19.5 Å². The number of hydrogen-bond acceptors (Lipinski definition) is 6. The van der Waals surface area contributed by atoms with E-state index in [-0.39, 0.29) is 5.78 Å². The second-order valence-electron chi connectivity index (χ2n) is 7.26. The molecule has 4 rings (SSSR count). The number of Topliss-reactive ketones (excluding diaryl/α,β-unsaturated/α-hetero) is 1. The molecule has 1 heterocycles. The van der Waals surface area contributed by atoms with Crippen molar-refractivity contribution in [2.75, 3.05) is 20.8 Å². The third-order valence-corrected chi connectivity index (χ3v) is 5.53. The minimum absolute atomic E-state index is 0.108. The van der Waals surface area contributed by atoms with E-state index >= 15 is 0 Å². The highest BCUT2D eigenvalue weighted by atomic mass is 16.5. The summed E-state index contributed by atoms with van der Waals surface area (Å²) in [5.74, 6) is -0.148. The van der Waals surface area contributed by atoms with Crippen molar-refractivity contribution in [1.29, 1.82) is 0 Å². The monoisotopic (exact) mass is 417 g/mol. The van der Waals surface area contributed by atoms with Crippen LogP contribution in [0.4, 0.5) is 0 Å². The zero-order valence-corrected chi connectivity index (χ0v) is 17.7. The molecule has 1 N–H and O–H groups in total. The van der Waals surface area contributed by atoms with E-state index in [0.717, 1.165) is 16.8 Å². The summed E-state index contributed by atoms with van der Waals surface area (Å²) in [5, 5.41) is 3.27. The van der Waals surface area contributed by atoms with Crippen LogP contribution >= 0.6 is 0 Å². The number of carbonyl (C=O) groups is 2. The highest BCUT2D eigenvalue weighted by molar-refractivity contribution is 6.23. The van der Waals surface area contributed by atoms with Crippen LogP contribution in [0.5, 0.6) is 11.5 Å². The molecule has 1 aliphatic carbocycles. The van der Waals surface area contributed by atoms with Crippen LogP contribution < -0.4 is 14.8 Å². The molecule has 0 amide bonds. The number of esters is 1. The van der Waals surface area contributed by atoms with Gasteiger partial charge in [0.05, 0.1) is 25.5 Å². The summed E-state index contributed by atoms with van der Waals surface area (Å²) in [6.07, 6.45) is 1.65. The van der Waals surface area contributed by atoms with E-state index in [1.54, 1.807) is 31.4 Å².